The van der Waals surface area contributed by atoms with Gasteiger partial charge in [-0.3, -0.25) is 4.79 Å². The van der Waals surface area contributed by atoms with Crippen LogP contribution in [-0.2, 0) is 4.74 Å². The number of aliphatic hydroxyl groups is 1. The third-order valence-corrected chi connectivity index (χ3v) is 6.65. The predicted octanol–water partition coefficient (Wildman–Crippen LogP) is 1.81. The van der Waals surface area contributed by atoms with Gasteiger partial charge in [0.15, 0.2) is 5.65 Å². The molecule has 1 saturated carbocycles. The minimum Gasteiger partial charge on any atom is -0.388 e. The molecule has 2 aromatic rings. The van der Waals surface area contributed by atoms with Gasteiger partial charge < -0.3 is 25.0 Å². The Hall–Kier alpha value is -3.50. The Morgan fingerprint density at radius 3 is 2.85 bits per heavy atom. The fraction of sp³-hybridized carbons (Fsp3) is 0.391. The van der Waals surface area contributed by atoms with Gasteiger partial charge in [0.25, 0.3) is 5.91 Å². The number of aromatic nitrogens is 5. The topological polar surface area (TPSA) is 119 Å². The number of nitrogens with one attached hydrogen (secondary N) is 2. The second-order valence-corrected chi connectivity index (χ2v) is 8.86. The molecule has 170 valence electrons. The van der Waals surface area contributed by atoms with E-state index >= 15 is 0 Å². The standard InChI is InChI=1S/C23H25N7O3/c1-12-6-16(12)28-23(32)15-9-26-30-20(24-2)7-17(27-22(15)30)14-8-25-21-13(14)4-3-5-29(21)18-10-33-11-19(18)31/h3-5,7-9,12,16,18-19,24,31H,6,10-11H2,1-2H3,(H,28,32)/t12-,16+,18-,19-/m0/s1. The normalized spacial score (nSPS) is 24.5. The van der Waals surface area contributed by atoms with Crippen LogP contribution >= 0.6 is 0 Å². The van der Waals surface area contributed by atoms with Crippen LogP contribution in [0.1, 0.15) is 29.7 Å². The summed E-state index contributed by atoms with van der Waals surface area (Å²) in [6.07, 6.45) is 5.68. The van der Waals surface area contributed by atoms with Crippen molar-refractivity contribution in [2.75, 3.05) is 25.6 Å². The molecule has 0 aromatic carbocycles. The predicted molar refractivity (Wildman–Crippen MR) is 121 cm³/mol. The Labute approximate surface area is 189 Å². The summed E-state index contributed by atoms with van der Waals surface area (Å²) in [5, 5.41) is 20.9. The molecule has 1 saturated heterocycles. The molecule has 1 aliphatic carbocycles. The second-order valence-electron chi connectivity index (χ2n) is 8.86. The Morgan fingerprint density at radius 2 is 2.12 bits per heavy atom. The van der Waals surface area contributed by atoms with Crippen LogP contribution in [0.15, 0.2) is 36.8 Å². The first-order chi connectivity index (χ1) is 16.0. The van der Waals surface area contributed by atoms with Gasteiger partial charge >= 0.3 is 0 Å². The van der Waals surface area contributed by atoms with Crippen LogP contribution in [0.3, 0.4) is 0 Å². The van der Waals surface area contributed by atoms with Crippen LogP contribution in [0, 0.1) is 5.92 Å². The molecule has 4 atom stereocenters. The van der Waals surface area contributed by atoms with E-state index in [2.05, 4.69) is 27.6 Å². The van der Waals surface area contributed by atoms with E-state index in [0.717, 1.165) is 23.4 Å². The van der Waals surface area contributed by atoms with E-state index in [9.17, 15) is 9.90 Å². The average molecular weight is 447 g/mol. The maximum absolute atomic E-state index is 12.9. The molecule has 10 nitrogen and oxygen atoms in total. The maximum Gasteiger partial charge on any atom is 0.256 e. The highest BCUT2D eigenvalue weighted by Gasteiger charge is 2.35. The smallest absolute Gasteiger partial charge is 0.256 e. The van der Waals surface area contributed by atoms with E-state index in [1.54, 1.807) is 16.9 Å². The number of fused-ring (bicyclic) bond motifs is 2. The monoisotopic (exact) mass is 447 g/mol. The van der Waals surface area contributed by atoms with Gasteiger partial charge in [0.2, 0.25) is 0 Å². The number of carbonyl (C=O) groups excluding carboxylic acids is 1. The number of nitrogens with zero attached hydrogens (tertiary/aromatic N) is 5. The molecule has 4 aliphatic rings. The summed E-state index contributed by atoms with van der Waals surface area (Å²) in [6, 6.07) is 5.85. The van der Waals surface area contributed by atoms with E-state index < -0.39 is 6.10 Å². The van der Waals surface area contributed by atoms with Crippen molar-refractivity contribution in [1.29, 1.82) is 0 Å². The van der Waals surface area contributed by atoms with Gasteiger partial charge in [0, 0.05) is 42.7 Å². The number of pyridine rings is 1. The quantitative estimate of drug-likeness (QED) is 0.427. The van der Waals surface area contributed by atoms with Gasteiger partial charge in [0.1, 0.15) is 23.3 Å². The molecule has 2 fully saturated rings. The third-order valence-electron chi connectivity index (χ3n) is 6.65. The zero-order chi connectivity index (χ0) is 22.7. The number of ether oxygens (including phenoxy) is 1. The van der Waals surface area contributed by atoms with Gasteiger partial charge in [0.05, 0.1) is 31.1 Å². The average Bonchev–Trinajstić information content (AvgIpc) is 3.24. The Kier molecular flexibility index (Phi) is 4.59. The lowest BCUT2D eigenvalue weighted by Gasteiger charge is -2.20. The van der Waals surface area contributed by atoms with E-state index in [-0.39, 0.29) is 18.0 Å². The van der Waals surface area contributed by atoms with Gasteiger partial charge in [-0.2, -0.15) is 9.61 Å². The minimum atomic E-state index is -0.576. The summed E-state index contributed by atoms with van der Waals surface area (Å²) in [5.41, 5.74) is 3.37. The van der Waals surface area contributed by atoms with Crippen molar-refractivity contribution in [2.45, 2.75) is 31.5 Å². The summed E-state index contributed by atoms with van der Waals surface area (Å²) < 4.78 is 9.04. The molecule has 2 aromatic heterocycles. The summed E-state index contributed by atoms with van der Waals surface area (Å²) >= 11 is 0. The third kappa shape index (κ3) is 3.25. The van der Waals surface area contributed by atoms with Crippen molar-refractivity contribution in [2.24, 2.45) is 5.92 Å². The van der Waals surface area contributed by atoms with Crippen molar-refractivity contribution in [3.05, 3.63) is 42.4 Å². The highest BCUT2D eigenvalue weighted by atomic mass is 16.5. The zero-order valence-electron chi connectivity index (χ0n) is 18.4. The number of rotatable bonds is 5. The molecule has 0 radical (unpaired) electrons. The van der Waals surface area contributed by atoms with Crippen LogP contribution in [0.2, 0.25) is 0 Å². The van der Waals surface area contributed by atoms with Crippen molar-refractivity contribution in [1.82, 2.24) is 29.5 Å². The van der Waals surface area contributed by atoms with Crippen molar-refractivity contribution in [3.8, 4) is 22.6 Å². The molecule has 0 unspecified atom stereocenters. The fourth-order valence-electron chi connectivity index (χ4n) is 4.54. The Morgan fingerprint density at radius 1 is 1.27 bits per heavy atom. The van der Waals surface area contributed by atoms with Crippen LogP contribution in [0.4, 0.5) is 5.82 Å². The molecule has 5 heterocycles. The molecule has 0 bridgehead atoms. The number of aliphatic hydroxyl groups excluding tert-OH is 1. The van der Waals surface area contributed by atoms with Crippen molar-refractivity contribution >= 4 is 17.4 Å². The summed E-state index contributed by atoms with van der Waals surface area (Å²) in [4.78, 5) is 22.3. The van der Waals surface area contributed by atoms with Gasteiger partial charge in [-0.25, -0.2) is 9.97 Å². The van der Waals surface area contributed by atoms with Crippen LogP contribution in [-0.4, -0.2) is 67.6 Å². The number of amides is 1. The molecular formula is C23H25N7O3. The van der Waals surface area contributed by atoms with E-state index in [1.165, 1.54) is 0 Å². The molecule has 33 heavy (non-hydrogen) atoms. The largest absolute Gasteiger partial charge is 0.388 e. The Bertz CT molecular complexity index is 1330. The van der Waals surface area contributed by atoms with Crippen LogP contribution in [0.5, 0.6) is 0 Å². The van der Waals surface area contributed by atoms with Crippen LogP contribution < -0.4 is 10.6 Å². The zero-order valence-corrected chi connectivity index (χ0v) is 18.4. The number of hydrogen-bond acceptors (Lipinski definition) is 7. The maximum atomic E-state index is 12.9. The van der Waals surface area contributed by atoms with Crippen molar-refractivity contribution in [3.63, 3.8) is 0 Å². The highest BCUT2D eigenvalue weighted by molar-refractivity contribution is 6.00. The van der Waals surface area contributed by atoms with Crippen LogP contribution in [0.25, 0.3) is 28.3 Å². The molecule has 1 amide bonds. The number of anilines is 1. The molecule has 0 spiro atoms. The van der Waals surface area contributed by atoms with Gasteiger partial charge in [-0.15, -0.1) is 0 Å². The van der Waals surface area contributed by atoms with E-state index in [0.29, 0.717) is 41.9 Å². The van der Waals surface area contributed by atoms with Gasteiger partial charge in [-0.1, -0.05) is 6.92 Å². The molecular weight excluding hydrogens is 422 g/mol. The van der Waals surface area contributed by atoms with E-state index in [1.807, 2.05) is 36.0 Å². The summed E-state index contributed by atoms with van der Waals surface area (Å²) in [6.45, 7) is 2.87. The fourth-order valence-corrected chi connectivity index (χ4v) is 4.54. The molecule has 3 N–H and O–H groups in total. The van der Waals surface area contributed by atoms with Gasteiger partial charge in [-0.05, 0) is 24.5 Å². The molecule has 10 heteroatoms. The summed E-state index contributed by atoms with van der Waals surface area (Å²) in [5.74, 6) is 1.81. The first-order valence-corrected chi connectivity index (χ1v) is 11.1. The lowest BCUT2D eigenvalue weighted by Crippen LogP contribution is -2.26. The molecule has 3 aliphatic heterocycles. The SMILES string of the molecule is CNc1cc(-c2cnc3n([C@H]4COC[C@@H]4O)cccc2-3)nc2c(C(=O)N[C@@H]3C[C@@H]3C)cnn12. The minimum absolute atomic E-state index is 0.162. The lowest BCUT2D eigenvalue weighted by atomic mass is 10.1. The number of hydrogen-bond donors (Lipinski definition) is 3. The second kappa shape index (κ2) is 7.53. The first kappa shape index (κ1) is 20.1. The highest BCUT2D eigenvalue weighted by Crippen LogP contribution is 2.36. The first-order valence-electron chi connectivity index (χ1n) is 11.1. The Balaban J connectivity index is 1.43. The lowest BCUT2D eigenvalue weighted by molar-refractivity contribution is 0.0950. The number of carbonyl (C=O) groups is 1. The van der Waals surface area contributed by atoms with E-state index in [4.69, 9.17) is 9.72 Å². The molecule has 6 rings (SSSR count). The summed E-state index contributed by atoms with van der Waals surface area (Å²) in [7, 11) is 1.81. The van der Waals surface area contributed by atoms with Crippen molar-refractivity contribution < 1.29 is 14.6 Å².